The van der Waals surface area contributed by atoms with Gasteiger partial charge < -0.3 is 4.90 Å². The Bertz CT molecular complexity index is 430. The SMILES string of the molecule is CC1CC(C)N(C(=O)c2cc(Cl)nc(Cl)c2)C1. The van der Waals surface area contributed by atoms with Crippen LogP contribution in [0.1, 0.15) is 30.6 Å². The van der Waals surface area contributed by atoms with Crippen molar-refractivity contribution in [3.05, 3.63) is 28.0 Å². The fourth-order valence-corrected chi connectivity index (χ4v) is 2.80. The number of amides is 1. The van der Waals surface area contributed by atoms with Crippen LogP contribution >= 0.6 is 23.2 Å². The second-order valence-corrected chi connectivity index (χ2v) is 5.42. The van der Waals surface area contributed by atoms with Crippen LogP contribution < -0.4 is 0 Å². The molecule has 1 saturated heterocycles. The first kappa shape index (κ1) is 12.7. The molecule has 2 rings (SSSR count). The maximum Gasteiger partial charge on any atom is 0.254 e. The number of pyridine rings is 1. The molecule has 3 nitrogen and oxygen atoms in total. The van der Waals surface area contributed by atoms with Crippen LogP contribution in [0.2, 0.25) is 10.3 Å². The van der Waals surface area contributed by atoms with Gasteiger partial charge in [-0.05, 0) is 31.4 Å². The number of carbonyl (C=O) groups excluding carboxylic acids is 1. The fourth-order valence-electron chi connectivity index (χ4n) is 2.34. The van der Waals surface area contributed by atoms with E-state index in [1.165, 1.54) is 0 Å². The van der Waals surface area contributed by atoms with Crippen molar-refractivity contribution in [1.29, 1.82) is 0 Å². The van der Waals surface area contributed by atoms with Crippen molar-refractivity contribution in [3.8, 4) is 0 Å². The molecule has 2 unspecified atom stereocenters. The number of hydrogen-bond donors (Lipinski definition) is 0. The van der Waals surface area contributed by atoms with Gasteiger partial charge in [-0.25, -0.2) is 4.98 Å². The van der Waals surface area contributed by atoms with E-state index in [1.807, 2.05) is 4.90 Å². The van der Waals surface area contributed by atoms with E-state index in [0.717, 1.165) is 13.0 Å². The molecular formula is C12H14Cl2N2O. The zero-order valence-electron chi connectivity index (χ0n) is 9.78. The molecule has 0 N–H and O–H groups in total. The van der Waals surface area contributed by atoms with Crippen molar-refractivity contribution >= 4 is 29.1 Å². The molecular weight excluding hydrogens is 259 g/mol. The molecule has 0 radical (unpaired) electrons. The predicted molar refractivity (Wildman–Crippen MR) is 68.5 cm³/mol. The highest BCUT2D eigenvalue weighted by Crippen LogP contribution is 2.25. The first-order valence-corrected chi connectivity index (χ1v) is 6.37. The van der Waals surface area contributed by atoms with Crippen molar-refractivity contribution in [3.63, 3.8) is 0 Å². The van der Waals surface area contributed by atoms with Gasteiger partial charge in [-0.2, -0.15) is 0 Å². The van der Waals surface area contributed by atoms with Gasteiger partial charge in [0, 0.05) is 18.2 Å². The minimum absolute atomic E-state index is 0.0203. The van der Waals surface area contributed by atoms with E-state index in [-0.39, 0.29) is 22.3 Å². The third-order valence-corrected chi connectivity index (χ3v) is 3.44. The van der Waals surface area contributed by atoms with Gasteiger partial charge in [-0.3, -0.25) is 4.79 Å². The molecule has 0 aromatic carbocycles. The Labute approximate surface area is 111 Å². The minimum atomic E-state index is -0.0203. The van der Waals surface area contributed by atoms with Crippen LogP contribution in [-0.2, 0) is 0 Å². The molecule has 0 aliphatic carbocycles. The quantitative estimate of drug-likeness (QED) is 0.736. The number of likely N-dealkylation sites (tertiary alicyclic amines) is 1. The van der Waals surface area contributed by atoms with E-state index in [4.69, 9.17) is 23.2 Å². The lowest BCUT2D eigenvalue weighted by atomic mass is 10.1. The van der Waals surface area contributed by atoms with Gasteiger partial charge in [0.2, 0.25) is 0 Å². The summed E-state index contributed by atoms with van der Waals surface area (Å²) in [5.41, 5.74) is 0.510. The lowest BCUT2D eigenvalue weighted by Gasteiger charge is -2.21. The lowest BCUT2D eigenvalue weighted by molar-refractivity contribution is 0.0743. The van der Waals surface area contributed by atoms with Crippen LogP contribution in [0.15, 0.2) is 12.1 Å². The molecule has 1 aromatic rings. The molecule has 2 atom stereocenters. The Morgan fingerprint density at radius 2 is 1.94 bits per heavy atom. The highest BCUT2D eigenvalue weighted by Gasteiger charge is 2.30. The molecule has 5 heteroatoms. The first-order valence-electron chi connectivity index (χ1n) is 5.61. The van der Waals surface area contributed by atoms with Crippen molar-refractivity contribution < 1.29 is 4.79 Å². The van der Waals surface area contributed by atoms with E-state index in [2.05, 4.69) is 18.8 Å². The number of rotatable bonds is 1. The summed E-state index contributed by atoms with van der Waals surface area (Å²) in [6, 6.07) is 3.39. The van der Waals surface area contributed by atoms with Crippen LogP contribution in [0.5, 0.6) is 0 Å². The summed E-state index contributed by atoms with van der Waals surface area (Å²) >= 11 is 11.6. The van der Waals surface area contributed by atoms with Crippen LogP contribution in [0.25, 0.3) is 0 Å². The smallest absolute Gasteiger partial charge is 0.254 e. The summed E-state index contributed by atoms with van der Waals surface area (Å²) in [6.45, 7) is 5.00. The molecule has 0 spiro atoms. The van der Waals surface area contributed by atoms with E-state index < -0.39 is 0 Å². The van der Waals surface area contributed by atoms with E-state index in [9.17, 15) is 4.79 Å². The Morgan fingerprint density at radius 1 is 1.35 bits per heavy atom. The van der Waals surface area contributed by atoms with Crippen molar-refractivity contribution in [1.82, 2.24) is 9.88 Å². The van der Waals surface area contributed by atoms with Gasteiger partial charge in [0.1, 0.15) is 10.3 Å². The Morgan fingerprint density at radius 3 is 2.41 bits per heavy atom. The largest absolute Gasteiger partial charge is 0.336 e. The Hall–Kier alpha value is -0.800. The van der Waals surface area contributed by atoms with Crippen LogP contribution in [0.3, 0.4) is 0 Å². The number of carbonyl (C=O) groups is 1. The number of hydrogen-bond acceptors (Lipinski definition) is 2. The van der Waals surface area contributed by atoms with Gasteiger partial charge >= 0.3 is 0 Å². The van der Waals surface area contributed by atoms with E-state index >= 15 is 0 Å². The molecule has 17 heavy (non-hydrogen) atoms. The molecule has 1 aliphatic rings. The highest BCUT2D eigenvalue weighted by molar-refractivity contribution is 6.33. The van der Waals surface area contributed by atoms with Gasteiger partial charge in [-0.1, -0.05) is 30.1 Å². The first-order chi connectivity index (χ1) is 7.97. The average Bonchev–Trinajstić information content (AvgIpc) is 2.55. The summed E-state index contributed by atoms with van der Waals surface area (Å²) in [5, 5.41) is 0.501. The molecule has 1 aromatic heterocycles. The normalized spacial score (nSPS) is 24.1. The molecule has 1 aliphatic heterocycles. The molecule has 2 heterocycles. The van der Waals surface area contributed by atoms with Gasteiger partial charge in [0.15, 0.2) is 0 Å². The second-order valence-electron chi connectivity index (χ2n) is 4.65. The van der Waals surface area contributed by atoms with Crippen LogP contribution in [0.4, 0.5) is 0 Å². The molecule has 1 amide bonds. The number of aromatic nitrogens is 1. The zero-order valence-corrected chi connectivity index (χ0v) is 11.3. The summed E-state index contributed by atoms with van der Waals surface area (Å²) in [5.74, 6) is 0.523. The zero-order chi connectivity index (χ0) is 12.6. The maximum absolute atomic E-state index is 12.3. The minimum Gasteiger partial charge on any atom is -0.336 e. The molecule has 1 fully saturated rings. The summed E-state index contributed by atoms with van der Waals surface area (Å²) in [6.07, 6.45) is 1.04. The van der Waals surface area contributed by atoms with Gasteiger partial charge in [0.05, 0.1) is 0 Å². The molecule has 92 valence electrons. The maximum atomic E-state index is 12.3. The van der Waals surface area contributed by atoms with Crippen molar-refractivity contribution in [2.24, 2.45) is 5.92 Å². The van der Waals surface area contributed by atoms with Crippen LogP contribution in [-0.4, -0.2) is 28.4 Å². The van der Waals surface area contributed by atoms with Gasteiger partial charge in [0.25, 0.3) is 5.91 Å². The van der Waals surface area contributed by atoms with Gasteiger partial charge in [-0.15, -0.1) is 0 Å². The van der Waals surface area contributed by atoms with Crippen molar-refractivity contribution in [2.75, 3.05) is 6.54 Å². The summed E-state index contributed by atoms with van der Waals surface area (Å²) in [4.78, 5) is 18.0. The summed E-state index contributed by atoms with van der Waals surface area (Å²) in [7, 11) is 0. The topological polar surface area (TPSA) is 33.2 Å². The highest BCUT2D eigenvalue weighted by atomic mass is 35.5. The third-order valence-electron chi connectivity index (χ3n) is 3.05. The number of halogens is 2. The lowest BCUT2D eigenvalue weighted by Crippen LogP contribution is -2.34. The van der Waals surface area contributed by atoms with E-state index in [1.54, 1.807) is 12.1 Å². The van der Waals surface area contributed by atoms with E-state index in [0.29, 0.717) is 11.5 Å². The predicted octanol–water partition coefficient (Wildman–Crippen LogP) is 3.26. The summed E-state index contributed by atoms with van der Waals surface area (Å²) < 4.78 is 0. The number of nitrogens with zero attached hydrogens (tertiary/aromatic N) is 2. The Balaban J connectivity index is 2.25. The Kier molecular flexibility index (Phi) is 3.59. The van der Waals surface area contributed by atoms with Crippen molar-refractivity contribution in [2.45, 2.75) is 26.3 Å². The second kappa shape index (κ2) is 4.83. The van der Waals surface area contributed by atoms with Crippen LogP contribution in [0, 0.1) is 5.92 Å². The monoisotopic (exact) mass is 272 g/mol. The molecule has 0 saturated carbocycles. The molecule has 0 bridgehead atoms. The fraction of sp³-hybridized carbons (Fsp3) is 0.500. The standard InChI is InChI=1S/C12H14Cl2N2O/c1-7-3-8(2)16(6-7)12(17)9-4-10(13)15-11(14)5-9/h4-5,7-8H,3,6H2,1-2H3. The average molecular weight is 273 g/mol. The third kappa shape index (κ3) is 2.72.